The molecule has 3 rings (SSSR count). The van der Waals surface area contributed by atoms with E-state index in [2.05, 4.69) is 26.5 Å². The molecule has 0 fully saturated rings. The first-order valence-electron chi connectivity index (χ1n) is 9.40. The van der Waals surface area contributed by atoms with Crippen LogP contribution in [0.4, 0.5) is 0 Å². The van der Waals surface area contributed by atoms with Crippen molar-refractivity contribution in [1.29, 1.82) is 0 Å². The lowest BCUT2D eigenvalue weighted by Crippen LogP contribution is -2.18. The van der Waals surface area contributed by atoms with Crippen LogP contribution in [0.5, 0.6) is 11.5 Å². The van der Waals surface area contributed by atoms with E-state index in [0.29, 0.717) is 28.5 Å². The smallest absolute Gasteiger partial charge is 0.343 e. The number of rotatable bonds is 7. The van der Waals surface area contributed by atoms with Crippen molar-refractivity contribution in [2.24, 2.45) is 5.10 Å². The molecular weight excluding hydrogens is 519 g/mol. The first-order chi connectivity index (χ1) is 15.4. The number of carbonyl (C=O) groups excluding carboxylic acids is 2. The van der Waals surface area contributed by atoms with Gasteiger partial charge in [-0.3, -0.25) is 4.79 Å². The van der Waals surface area contributed by atoms with Crippen LogP contribution >= 0.6 is 39.1 Å². The second-order valence-corrected chi connectivity index (χ2v) is 8.11. The van der Waals surface area contributed by atoms with Gasteiger partial charge in [-0.25, -0.2) is 10.2 Å². The molecule has 3 aromatic carbocycles. The maximum absolute atomic E-state index is 12.5. The third kappa shape index (κ3) is 6.32. The highest BCUT2D eigenvalue weighted by Gasteiger charge is 2.13. The van der Waals surface area contributed by atoms with Crippen LogP contribution in [0.25, 0.3) is 0 Å². The van der Waals surface area contributed by atoms with Gasteiger partial charge in [-0.2, -0.15) is 5.10 Å². The molecule has 1 amide bonds. The molecule has 164 valence electrons. The third-order valence-electron chi connectivity index (χ3n) is 4.12. The van der Waals surface area contributed by atoms with Gasteiger partial charge in [0.25, 0.3) is 5.91 Å². The number of benzene rings is 3. The topological polar surface area (TPSA) is 77.0 Å². The van der Waals surface area contributed by atoms with Gasteiger partial charge in [-0.05, 0) is 67.6 Å². The third-order valence-corrected chi connectivity index (χ3v) is 5.16. The Kier molecular flexibility index (Phi) is 8.27. The number of halogens is 3. The summed E-state index contributed by atoms with van der Waals surface area (Å²) in [5.74, 6) is -0.112. The van der Waals surface area contributed by atoms with E-state index >= 15 is 0 Å². The highest BCUT2D eigenvalue weighted by molar-refractivity contribution is 9.10. The van der Waals surface area contributed by atoms with Crippen molar-refractivity contribution in [3.05, 3.63) is 91.9 Å². The molecule has 0 atom stereocenters. The summed E-state index contributed by atoms with van der Waals surface area (Å²) in [7, 11) is 0. The van der Waals surface area contributed by atoms with E-state index in [1.54, 1.807) is 48.5 Å². The predicted molar refractivity (Wildman–Crippen MR) is 128 cm³/mol. The highest BCUT2D eigenvalue weighted by Crippen LogP contribution is 2.24. The summed E-state index contributed by atoms with van der Waals surface area (Å²) < 4.78 is 11.6. The van der Waals surface area contributed by atoms with E-state index in [9.17, 15) is 9.59 Å². The van der Waals surface area contributed by atoms with E-state index in [4.69, 9.17) is 32.7 Å². The van der Waals surface area contributed by atoms with Gasteiger partial charge in [0.05, 0.1) is 29.0 Å². The van der Waals surface area contributed by atoms with Gasteiger partial charge in [-0.1, -0.05) is 39.1 Å². The number of hydrazone groups is 1. The molecule has 0 unspecified atom stereocenters. The van der Waals surface area contributed by atoms with Crippen LogP contribution in [-0.2, 0) is 0 Å². The van der Waals surface area contributed by atoms with Crippen molar-refractivity contribution in [2.75, 3.05) is 6.61 Å². The first kappa shape index (κ1) is 23.8. The summed E-state index contributed by atoms with van der Waals surface area (Å²) in [6.45, 7) is 2.41. The number of amides is 1. The Morgan fingerprint density at radius 3 is 2.50 bits per heavy atom. The van der Waals surface area contributed by atoms with Gasteiger partial charge in [0.15, 0.2) is 0 Å². The van der Waals surface area contributed by atoms with Crippen LogP contribution < -0.4 is 14.9 Å². The van der Waals surface area contributed by atoms with Crippen molar-refractivity contribution < 1.29 is 19.1 Å². The number of hydrogen-bond acceptors (Lipinski definition) is 5. The average molecular weight is 536 g/mol. The second kappa shape index (κ2) is 11.1. The van der Waals surface area contributed by atoms with E-state index in [0.717, 1.165) is 4.47 Å². The second-order valence-electron chi connectivity index (χ2n) is 6.35. The highest BCUT2D eigenvalue weighted by atomic mass is 79.9. The molecule has 9 heteroatoms. The van der Waals surface area contributed by atoms with Gasteiger partial charge in [0.1, 0.15) is 11.5 Å². The van der Waals surface area contributed by atoms with Gasteiger partial charge in [0, 0.05) is 15.1 Å². The van der Waals surface area contributed by atoms with Gasteiger partial charge < -0.3 is 9.47 Å². The number of esters is 1. The van der Waals surface area contributed by atoms with Crippen LogP contribution in [0.15, 0.2) is 70.2 Å². The SMILES string of the molecule is CCOc1ccc(C(=O)Oc2ccc(Br)cc2/C=N\NC(=O)c2ccc(Cl)cc2Cl)cc1. The van der Waals surface area contributed by atoms with Crippen LogP contribution in [0.2, 0.25) is 10.0 Å². The molecule has 0 aliphatic carbocycles. The maximum Gasteiger partial charge on any atom is 0.343 e. The Morgan fingerprint density at radius 2 is 1.81 bits per heavy atom. The molecular formula is C23H17BrCl2N2O4. The fourth-order valence-corrected chi connectivity index (χ4v) is 3.49. The summed E-state index contributed by atoms with van der Waals surface area (Å²) >= 11 is 15.3. The van der Waals surface area contributed by atoms with Crippen LogP contribution in [0.3, 0.4) is 0 Å². The Labute approximate surface area is 203 Å². The summed E-state index contributed by atoms with van der Waals surface area (Å²) in [6.07, 6.45) is 1.37. The Balaban J connectivity index is 1.73. The van der Waals surface area contributed by atoms with E-state index < -0.39 is 11.9 Å². The molecule has 0 heterocycles. The lowest BCUT2D eigenvalue weighted by Gasteiger charge is -2.09. The number of carbonyl (C=O) groups is 2. The van der Waals surface area contributed by atoms with Gasteiger partial charge in [-0.15, -0.1) is 0 Å². The van der Waals surface area contributed by atoms with Crippen LogP contribution in [-0.4, -0.2) is 24.7 Å². The number of nitrogens with one attached hydrogen (secondary N) is 1. The predicted octanol–water partition coefficient (Wildman–Crippen LogP) is 6.14. The van der Waals surface area contributed by atoms with Crippen molar-refractivity contribution >= 4 is 57.2 Å². The standard InChI is InChI=1S/C23H17BrCl2N2O4/c1-2-31-18-7-3-14(4-8-18)23(30)32-21-10-5-16(24)11-15(21)13-27-28-22(29)19-9-6-17(25)12-20(19)26/h3-13H,2H2,1H3,(H,28,29)/b27-13-. The molecule has 0 bridgehead atoms. The molecule has 3 aromatic rings. The Morgan fingerprint density at radius 1 is 1.06 bits per heavy atom. The van der Waals surface area contributed by atoms with Crippen molar-refractivity contribution in [2.45, 2.75) is 6.92 Å². The quantitative estimate of drug-likeness (QED) is 0.171. The fraction of sp³-hybridized carbons (Fsp3) is 0.0870. The molecule has 0 aliphatic rings. The minimum atomic E-state index is -0.540. The molecule has 0 saturated heterocycles. The van der Waals surface area contributed by atoms with E-state index in [1.807, 2.05) is 6.92 Å². The number of ether oxygens (including phenoxy) is 2. The summed E-state index contributed by atoms with van der Waals surface area (Å²) in [4.78, 5) is 24.8. The molecule has 0 aromatic heterocycles. The summed E-state index contributed by atoms with van der Waals surface area (Å²) in [5, 5.41) is 4.58. The van der Waals surface area contributed by atoms with E-state index in [1.165, 1.54) is 18.3 Å². The van der Waals surface area contributed by atoms with Gasteiger partial charge >= 0.3 is 5.97 Å². The molecule has 32 heavy (non-hydrogen) atoms. The molecule has 0 aliphatic heterocycles. The zero-order chi connectivity index (χ0) is 23.1. The molecule has 6 nitrogen and oxygen atoms in total. The lowest BCUT2D eigenvalue weighted by molar-refractivity contribution is 0.0734. The molecule has 0 saturated carbocycles. The minimum absolute atomic E-state index is 0.206. The average Bonchev–Trinajstić information content (AvgIpc) is 2.76. The lowest BCUT2D eigenvalue weighted by atomic mass is 10.2. The van der Waals surface area contributed by atoms with Crippen molar-refractivity contribution in [3.8, 4) is 11.5 Å². The van der Waals surface area contributed by atoms with Crippen LogP contribution in [0.1, 0.15) is 33.2 Å². The first-order valence-corrected chi connectivity index (χ1v) is 11.0. The minimum Gasteiger partial charge on any atom is -0.494 e. The Bertz CT molecular complexity index is 1170. The number of hydrogen-bond donors (Lipinski definition) is 1. The zero-order valence-corrected chi connectivity index (χ0v) is 19.9. The molecule has 0 radical (unpaired) electrons. The monoisotopic (exact) mass is 534 g/mol. The van der Waals surface area contributed by atoms with Crippen molar-refractivity contribution in [1.82, 2.24) is 5.43 Å². The van der Waals surface area contributed by atoms with Gasteiger partial charge in [0.2, 0.25) is 0 Å². The summed E-state index contributed by atoms with van der Waals surface area (Å²) in [5.41, 5.74) is 3.46. The largest absolute Gasteiger partial charge is 0.494 e. The van der Waals surface area contributed by atoms with Crippen molar-refractivity contribution in [3.63, 3.8) is 0 Å². The van der Waals surface area contributed by atoms with E-state index in [-0.39, 0.29) is 16.3 Å². The zero-order valence-electron chi connectivity index (χ0n) is 16.8. The maximum atomic E-state index is 12.5. The van der Waals surface area contributed by atoms with Crippen LogP contribution in [0, 0.1) is 0 Å². The summed E-state index contributed by atoms with van der Waals surface area (Å²) in [6, 6.07) is 16.2. The normalized spacial score (nSPS) is 10.8. The fourth-order valence-electron chi connectivity index (χ4n) is 2.62. The molecule has 0 spiro atoms. The molecule has 1 N–H and O–H groups in total. The Hall–Kier alpha value is -2.87. The number of nitrogens with zero attached hydrogens (tertiary/aromatic N) is 1.